The molecule has 4 nitrogen and oxygen atoms in total. The molecule has 1 N–H and O–H groups in total. The van der Waals surface area contributed by atoms with Crippen molar-refractivity contribution in [1.29, 1.82) is 0 Å². The third-order valence-corrected chi connectivity index (χ3v) is 4.19. The van der Waals surface area contributed by atoms with Crippen molar-refractivity contribution in [1.82, 2.24) is 9.80 Å². The molecule has 1 aliphatic heterocycles. The Hall–Kier alpha value is -1.55. The fourth-order valence-corrected chi connectivity index (χ4v) is 2.90. The van der Waals surface area contributed by atoms with Gasteiger partial charge in [-0.2, -0.15) is 0 Å². The van der Waals surface area contributed by atoms with Crippen molar-refractivity contribution in [3.63, 3.8) is 0 Å². The number of benzene rings is 1. The minimum atomic E-state index is 0.0513. The van der Waals surface area contributed by atoms with E-state index in [4.69, 9.17) is 0 Å². The molecule has 1 aromatic rings. The number of amides is 1. The number of carbonyl (C=O) groups excluding carboxylic acids is 1. The van der Waals surface area contributed by atoms with Gasteiger partial charge in [0, 0.05) is 38.4 Å². The van der Waals surface area contributed by atoms with E-state index >= 15 is 0 Å². The van der Waals surface area contributed by atoms with E-state index in [1.165, 1.54) is 24.9 Å². The van der Waals surface area contributed by atoms with Gasteiger partial charge in [-0.1, -0.05) is 6.07 Å². The Morgan fingerprint density at radius 2 is 2.19 bits per heavy atom. The van der Waals surface area contributed by atoms with Gasteiger partial charge >= 0.3 is 0 Å². The zero-order valence-electron chi connectivity index (χ0n) is 13.6. The van der Waals surface area contributed by atoms with Gasteiger partial charge < -0.3 is 15.1 Å². The molecule has 21 heavy (non-hydrogen) atoms. The van der Waals surface area contributed by atoms with E-state index in [-0.39, 0.29) is 5.91 Å². The Morgan fingerprint density at radius 3 is 2.86 bits per heavy atom. The van der Waals surface area contributed by atoms with Crippen molar-refractivity contribution in [3.05, 3.63) is 29.3 Å². The standard InChI is InChI=1S/C17H27N3O/c1-13-7-8-15(17(21)19(2)3)10-16(13)18-11-14-6-5-9-20(4)12-14/h7-8,10,14,18H,5-6,9,11-12H2,1-4H3. The van der Waals surface area contributed by atoms with Crippen molar-refractivity contribution in [2.75, 3.05) is 46.1 Å². The first-order chi connectivity index (χ1) is 9.97. The summed E-state index contributed by atoms with van der Waals surface area (Å²) < 4.78 is 0. The highest BCUT2D eigenvalue weighted by Gasteiger charge is 2.17. The van der Waals surface area contributed by atoms with Crippen molar-refractivity contribution >= 4 is 11.6 Å². The van der Waals surface area contributed by atoms with Crippen LogP contribution in [-0.4, -0.2) is 56.5 Å². The lowest BCUT2D eigenvalue weighted by Gasteiger charge is -2.30. The third-order valence-electron chi connectivity index (χ3n) is 4.19. The van der Waals surface area contributed by atoms with Gasteiger partial charge in [0.25, 0.3) is 5.91 Å². The van der Waals surface area contributed by atoms with Crippen molar-refractivity contribution in [2.45, 2.75) is 19.8 Å². The predicted molar refractivity (Wildman–Crippen MR) is 87.9 cm³/mol. The smallest absolute Gasteiger partial charge is 0.253 e. The molecule has 1 aromatic carbocycles. The number of hydrogen-bond donors (Lipinski definition) is 1. The lowest BCUT2D eigenvalue weighted by atomic mass is 9.98. The fourth-order valence-electron chi connectivity index (χ4n) is 2.90. The van der Waals surface area contributed by atoms with Crippen LogP contribution >= 0.6 is 0 Å². The van der Waals surface area contributed by atoms with Gasteiger partial charge in [0.15, 0.2) is 0 Å². The Morgan fingerprint density at radius 1 is 1.43 bits per heavy atom. The van der Waals surface area contributed by atoms with Crippen LogP contribution in [-0.2, 0) is 0 Å². The highest BCUT2D eigenvalue weighted by molar-refractivity contribution is 5.95. The highest BCUT2D eigenvalue weighted by atomic mass is 16.2. The zero-order valence-corrected chi connectivity index (χ0v) is 13.6. The molecule has 0 radical (unpaired) electrons. The molecule has 0 bridgehead atoms. The van der Waals surface area contributed by atoms with Crippen LogP contribution in [0.25, 0.3) is 0 Å². The highest BCUT2D eigenvalue weighted by Crippen LogP contribution is 2.20. The summed E-state index contributed by atoms with van der Waals surface area (Å²) in [7, 11) is 5.76. The minimum Gasteiger partial charge on any atom is -0.384 e. The number of likely N-dealkylation sites (tertiary alicyclic amines) is 1. The number of anilines is 1. The van der Waals surface area contributed by atoms with Gasteiger partial charge in [0.1, 0.15) is 0 Å². The van der Waals surface area contributed by atoms with Crippen LogP contribution in [0.15, 0.2) is 18.2 Å². The largest absolute Gasteiger partial charge is 0.384 e. The molecule has 0 aliphatic carbocycles. The van der Waals surface area contributed by atoms with Gasteiger partial charge in [0.05, 0.1) is 0 Å². The average molecular weight is 289 g/mol. The van der Waals surface area contributed by atoms with E-state index in [0.29, 0.717) is 5.92 Å². The molecular weight excluding hydrogens is 262 g/mol. The normalized spacial score (nSPS) is 19.3. The molecule has 1 amide bonds. The number of hydrogen-bond acceptors (Lipinski definition) is 3. The molecule has 116 valence electrons. The Balaban J connectivity index is 2.02. The second-order valence-electron chi connectivity index (χ2n) is 6.38. The molecule has 0 spiro atoms. The van der Waals surface area contributed by atoms with E-state index in [1.807, 2.05) is 18.2 Å². The van der Waals surface area contributed by atoms with Gasteiger partial charge in [0.2, 0.25) is 0 Å². The molecule has 2 rings (SSSR count). The molecule has 1 saturated heterocycles. The molecule has 1 unspecified atom stereocenters. The summed E-state index contributed by atoms with van der Waals surface area (Å²) in [6, 6.07) is 5.90. The Bertz CT molecular complexity index is 499. The maximum absolute atomic E-state index is 12.0. The van der Waals surface area contributed by atoms with Crippen LogP contribution in [0.5, 0.6) is 0 Å². The molecule has 1 aliphatic rings. The summed E-state index contributed by atoms with van der Waals surface area (Å²) in [6.45, 7) is 5.43. The van der Waals surface area contributed by atoms with Crippen molar-refractivity contribution in [3.8, 4) is 0 Å². The molecular formula is C17H27N3O. The van der Waals surface area contributed by atoms with E-state index < -0.39 is 0 Å². The third kappa shape index (κ3) is 4.21. The van der Waals surface area contributed by atoms with Crippen molar-refractivity contribution in [2.24, 2.45) is 5.92 Å². The predicted octanol–water partition coefficient (Wildman–Crippen LogP) is 2.45. The monoisotopic (exact) mass is 289 g/mol. The van der Waals surface area contributed by atoms with Crippen LogP contribution < -0.4 is 5.32 Å². The second-order valence-corrected chi connectivity index (χ2v) is 6.38. The SMILES string of the molecule is Cc1ccc(C(=O)N(C)C)cc1NCC1CCCN(C)C1. The first-order valence-electron chi connectivity index (χ1n) is 7.72. The van der Waals surface area contributed by atoms with Gasteiger partial charge in [-0.05, 0) is 57.0 Å². The van der Waals surface area contributed by atoms with E-state index in [9.17, 15) is 4.79 Å². The van der Waals surface area contributed by atoms with Gasteiger partial charge in [-0.3, -0.25) is 4.79 Å². The maximum Gasteiger partial charge on any atom is 0.253 e. The molecule has 1 fully saturated rings. The number of aryl methyl sites for hydroxylation is 1. The summed E-state index contributed by atoms with van der Waals surface area (Å²) in [5.74, 6) is 0.742. The fraction of sp³-hybridized carbons (Fsp3) is 0.588. The number of rotatable bonds is 4. The summed E-state index contributed by atoms with van der Waals surface area (Å²) in [5.41, 5.74) is 3.01. The number of piperidine rings is 1. The first-order valence-corrected chi connectivity index (χ1v) is 7.72. The number of nitrogens with one attached hydrogen (secondary N) is 1. The average Bonchev–Trinajstić information content (AvgIpc) is 2.45. The first kappa shape index (κ1) is 15.8. The molecule has 0 aromatic heterocycles. The van der Waals surface area contributed by atoms with Gasteiger partial charge in [-0.15, -0.1) is 0 Å². The summed E-state index contributed by atoms with van der Waals surface area (Å²) in [5, 5.41) is 3.54. The summed E-state index contributed by atoms with van der Waals surface area (Å²) in [6.07, 6.45) is 2.56. The van der Waals surface area contributed by atoms with Crippen LogP contribution in [0.4, 0.5) is 5.69 Å². The number of nitrogens with zero attached hydrogens (tertiary/aromatic N) is 2. The van der Waals surface area contributed by atoms with Crippen LogP contribution in [0.2, 0.25) is 0 Å². The van der Waals surface area contributed by atoms with Crippen LogP contribution in [0.1, 0.15) is 28.8 Å². The maximum atomic E-state index is 12.0. The van der Waals surface area contributed by atoms with E-state index in [2.05, 4.69) is 24.2 Å². The van der Waals surface area contributed by atoms with Crippen molar-refractivity contribution < 1.29 is 4.79 Å². The molecule has 4 heteroatoms. The van der Waals surface area contributed by atoms with Crippen LogP contribution in [0.3, 0.4) is 0 Å². The summed E-state index contributed by atoms with van der Waals surface area (Å²) in [4.78, 5) is 16.1. The summed E-state index contributed by atoms with van der Waals surface area (Å²) >= 11 is 0. The van der Waals surface area contributed by atoms with E-state index in [0.717, 1.165) is 24.3 Å². The quantitative estimate of drug-likeness (QED) is 0.925. The second kappa shape index (κ2) is 6.94. The lowest BCUT2D eigenvalue weighted by molar-refractivity contribution is 0.0827. The Kier molecular flexibility index (Phi) is 5.23. The van der Waals surface area contributed by atoms with Crippen LogP contribution in [0, 0.1) is 12.8 Å². The lowest BCUT2D eigenvalue weighted by Crippen LogP contribution is -2.35. The topological polar surface area (TPSA) is 35.6 Å². The molecule has 1 atom stereocenters. The zero-order chi connectivity index (χ0) is 15.4. The Labute approximate surface area is 128 Å². The van der Waals surface area contributed by atoms with E-state index in [1.54, 1.807) is 19.0 Å². The number of carbonyl (C=O) groups is 1. The molecule has 0 saturated carbocycles. The van der Waals surface area contributed by atoms with Gasteiger partial charge in [-0.25, -0.2) is 0 Å². The minimum absolute atomic E-state index is 0.0513. The molecule has 1 heterocycles.